The van der Waals surface area contributed by atoms with Crippen molar-refractivity contribution in [1.29, 1.82) is 0 Å². The maximum atomic E-state index is 13.2. The third kappa shape index (κ3) is 5.29. The Bertz CT molecular complexity index is 972. The zero-order chi connectivity index (χ0) is 23.4. The molecule has 1 unspecified atom stereocenters. The van der Waals surface area contributed by atoms with Gasteiger partial charge >= 0.3 is 0 Å². The molecule has 4 rings (SSSR count). The molecule has 33 heavy (non-hydrogen) atoms. The van der Waals surface area contributed by atoms with Crippen LogP contribution >= 0.6 is 0 Å². The Morgan fingerprint density at radius 3 is 2.48 bits per heavy atom. The summed E-state index contributed by atoms with van der Waals surface area (Å²) in [5.41, 5.74) is 2.85. The monoisotopic (exact) mass is 448 g/mol. The summed E-state index contributed by atoms with van der Waals surface area (Å²) in [5, 5.41) is 13.6. The zero-order valence-corrected chi connectivity index (χ0v) is 19.8. The molecule has 6 heteroatoms. The van der Waals surface area contributed by atoms with Crippen LogP contribution in [0.5, 0.6) is 5.75 Å². The molecule has 176 valence electrons. The summed E-state index contributed by atoms with van der Waals surface area (Å²) in [6, 6.07) is 16.2. The molecule has 2 aromatic rings. The highest BCUT2D eigenvalue weighted by Crippen LogP contribution is 2.35. The highest BCUT2D eigenvalue weighted by Gasteiger charge is 2.34. The van der Waals surface area contributed by atoms with E-state index in [1.165, 1.54) is 0 Å². The van der Waals surface area contributed by atoms with Crippen LogP contribution in [0.3, 0.4) is 0 Å². The van der Waals surface area contributed by atoms with Crippen LogP contribution in [0.4, 0.5) is 0 Å². The first-order chi connectivity index (χ1) is 16.0. The Hall–Kier alpha value is -2.67. The van der Waals surface area contributed by atoms with Gasteiger partial charge in [-0.15, -0.1) is 6.58 Å². The fourth-order valence-electron chi connectivity index (χ4n) is 5.17. The number of hydrogen-bond donors (Lipinski definition) is 2. The molecule has 2 aromatic carbocycles. The molecule has 0 spiro atoms. The molecule has 2 aliphatic rings. The van der Waals surface area contributed by atoms with Crippen molar-refractivity contribution in [3.05, 3.63) is 77.9 Å². The number of phenols is 1. The Morgan fingerprint density at radius 1 is 1.09 bits per heavy atom. The second-order valence-electron chi connectivity index (χ2n) is 9.30. The number of benzene rings is 2. The number of amides is 1. The van der Waals surface area contributed by atoms with E-state index in [1.54, 1.807) is 6.07 Å². The van der Waals surface area contributed by atoms with E-state index in [2.05, 4.69) is 47.7 Å². The lowest BCUT2D eigenvalue weighted by Crippen LogP contribution is -2.57. The van der Waals surface area contributed by atoms with Gasteiger partial charge in [0.2, 0.25) is 0 Å². The van der Waals surface area contributed by atoms with E-state index in [9.17, 15) is 9.90 Å². The van der Waals surface area contributed by atoms with Gasteiger partial charge in [0.05, 0.1) is 6.04 Å². The number of piperazine rings is 2. The topological polar surface area (TPSA) is 59.1 Å². The molecule has 2 N–H and O–H groups in total. The molecule has 1 amide bonds. The van der Waals surface area contributed by atoms with Gasteiger partial charge in [0.25, 0.3) is 5.91 Å². The van der Waals surface area contributed by atoms with Gasteiger partial charge in [-0.05, 0) is 49.2 Å². The van der Waals surface area contributed by atoms with Crippen LogP contribution in [0.15, 0.2) is 61.2 Å². The predicted octanol–water partition coefficient (Wildman–Crippen LogP) is 3.11. The third-order valence-electron chi connectivity index (χ3n) is 6.90. The van der Waals surface area contributed by atoms with Crippen molar-refractivity contribution in [2.75, 3.05) is 45.8 Å². The summed E-state index contributed by atoms with van der Waals surface area (Å²) >= 11 is 0. The van der Waals surface area contributed by atoms with Gasteiger partial charge in [-0.25, -0.2) is 0 Å². The largest absolute Gasteiger partial charge is 0.508 e. The van der Waals surface area contributed by atoms with Crippen LogP contribution in [0, 0.1) is 0 Å². The van der Waals surface area contributed by atoms with Crippen LogP contribution in [0.2, 0.25) is 0 Å². The third-order valence-corrected chi connectivity index (χ3v) is 6.90. The highest BCUT2D eigenvalue weighted by molar-refractivity contribution is 5.94. The minimum atomic E-state index is -0.0452. The molecule has 6 nitrogen and oxygen atoms in total. The molecular formula is C27H36N4O2. The van der Waals surface area contributed by atoms with Gasteiger partial charge in [0.15, 0.2) is 0 Å². The quantitative estimate of drug-likeness (QED) is 0.665. The minimum absolute atomic E-state index is 0.0452. The standard InChI is InChI=1S/C27H36N4O2/c1-4-13-30-18-21(3)31(19-20(30)2)26(23-8-6-10-25(32)17-23)22-7-5-9-24(16-22)27(33)29-14-11-28-12-15-29/h4-10,16-17,20-21,26,28,32H,1,11-15,18-19H2,2-3H3/t20-,21+,26?/m1/s1. The van der Waals surface area contributed by atoms with E-state index in [0.29, 0.717) is 12.1 Å². The number of phenolic OH excluding ortho intramolecular Hbond substituents is 1. The number of carbonyl (C=O) groups is 1. The van der Waals surface area contributed by atoms with Gasteiger partial charge < -0.3 is 15.3 Å². The zero-order valence-electron chi connectivity index (χ0n) is 19.8. The molecule has 0 bridgehead atoms. The fourth-order valence-corrected chi connectivity index (χ4v) is 5.17. The van der Waals surface area contributed by atoms with E-state index in [1.807, 2.05) is 41.3 Å². The lowest BCUT2D eigenvalue weighted by atomic mass is 9.92. The minimum Gasteiger partial charge on any atom is -0.508 e. The normalized spacial score (nSPS) is 23.3. The number of hydrogen-bond acceptors (Lipinski definition) is 5. The van der Waals surface area contributed by atoms with Crippen molar-refractivity contribution in [2.45, 2.75) is 32.0 Å². The summed E-state index contributed by atoms with van der Waals surface area (Å²) in [6.45, 7) is 14.3. The first kappa shape index (κ1) is 23.5. The Morgan fingerprint density at radius 2 is 1.79 bits per heavy atom. The number of rotatable bonds is 6. The molecule has 0 saturated carbocycles. The summed E-state index contributed by atoms with van der Waals surface area (Å²) in [6.07, 6.45) is 1.97. The van der Waals surface area contributed by atoms with Crippen molar-refractivity contribution in [3.63, 3.8) is 0 Å². The molecule has 0 radical (unpaired) electrons. The molecule has 2 saturated heterocycles. The van der Waals surface area contributed by atoms with Gasteiger partial charge in [-0.1, -0.05) is 30.3 Å². The van der Waals surface area contributed by atoms with Crippen LogP contribution < -0.4 is 5.32 Å². The van der Waals surface area contributed by atoms with Crippen LogP contribution in [0.1, 0.15) is 41.4 Å². The van der Waals surface area contributed by atoms with Crippen molar-refractivity contribution < 1.29 is 9.90 Å². The van der Waals surface area contributed by atoms with E-state index < -0.39 is 0 Å². The number of nitrogens with zero attached hydrogens (tertiary/aromatic N) is 3. The number of aromatic hydroxyl groups is 1. The van der Waals surface area contributed by atoms with Crippen LogP contribution in [0.25, 0.3) is 0 Å². The van der Waals surface area contributed by atoms with Crippen LogP contribution in [-0.2, 0) is 0 Å². The average Bonchev–Trinajstić information content (AvgIpc) is 2.83. The molecule has 0 aromatic heterocycles. The van der Waals surface area contributed by atoms with E-state index >= 15 is 0 Å². The Balaban J connectivity index is 1.69. The average molecular weight is 449 g/mol. The summed E-state index contributed by atoms with van der Waals surface area (Å²) in [4.78, 5) is 20.1. The highest BCUT2D eigenvalue weighted by atomic mass is 16.3. The number of carbonyl (C=O) groups excluding carboxylic acids is 1. The maximum absolute atomic E-state index is 13.2. The number of nitrogens with one attached hydrogen (secondary N) is 1. The lowest BCUT2D eigenvalue weighted by molar-refractivity contribution is 0.0306. The summed E-state index contributed by atoms with van der Waals surface area (Å²) in [7, 11) is 0. The second kappa shape index (κ2) is 10.5. The van der Waals surface area contributed by atoms with E-state index in [0.717, 1.165) is 62.5 Å². The molecule has 3 atom stereocenters. The van der Waals surface area contributed by atoms with E-state index in [-0.39, 0.29) is 17.7 Å². The van der Waals surface area contributed by atoms with Gasteiger partial charge in [0.1, 0.15) is 5.75 Å². The SMILES string of the molecule is C=CCN1C[C@H](C)N(C(c2cccc(O)c2)c2cccc(C(=O)N3CCNCC3)c2)C[C@H]1C. The first-order valence-electron chi connectivity index (χ1n) is 12.0. The first-order valence-corrected chi connectivity index (χ1v) is 12.0. The fraction of sp³-hybridized carbons (Fsp3) is 0.444. The Labute approximate surface area is 197 Å². The van der Waals surface area contributed by atoms with Gasteiger partial charge in [0, 0.05) is 63.5 Å². The molecule has 2 fully saturated rings. The van der Waals surface area contributed by atoms with Crippen molar-refractivity contribution in [1.82, 2.24) is 20.0 Å². The van der Waals surface area contributed by atoms with E-state index in [4.69, 9.17) is 0 Å². The van der Waals surface area contributed by atoms with Crippen molar-refractivity contribution in [2.24, 2.45) is 0 Å². The van der Waals surface area contributed by atoms with Crippen molar-refractivity contribution in [3.8, 4) is 5.75 Å². The van der Waals surface area contributed by atoms with Gasteiger partial charge in [-0.3, -0.25) is 14.6 Å². The smallest absolute Gasteiger partial charge is 0.253 e. The summed E-state index contributed by atoms with van der Waals surface area (Å²) in [5.74, 6) is 0.349. The predicted molar refractivity (Wildman–Crippen MR) is 133 cm³/mol. The van der Waals surface area contributed by atoms with Crippen molar-refractivity contribution >= 4 is 5.91 Å². The maximum Gasteiger partial charge on any atom is 0.253 e. The molecule has 0 aliphatic carbocycles. The molecule has 2 heterocycles. The molecular weight excluding hydrogens is 412 g/mol. The lowest BCUT2D eigenvalue weighted by Gasteiger charge is -2.47. The molecule has 2 aliphatic heterocycles. The summed E-state index contributed by atoms with van der Waals surface area (Å²) < 4.78 is 0. The Kier molecular flexibility index (Phi) is 7.48. The second-order valence-corrected chi connectivity index (χ2v) is 9.30. The van der Waals surface area contributed by atoms with Gasteiger partial charge in [-0.2, -0.15) is 0 Å². The van der Waals surface area contributed by atoms with Crippen LogP contribution in [-0.4, -0.2) is 83.6 Å².